The molecule has 0 bridgehead atoms. The first kappa shape index (κ1) is 6.51. The van der Waals surface area contributed by atoms with Gasteiger partial charge in [-0.05, 0) is 7.05 Å². The fourth-order valence-corrected chi connectivity index (χ4v) is 1.05. The van der Waals surface area contributed by atoms with Crippen LogP contribution in [0, 0.1) is 0 Å². The minimum Gasteiger partial charge on any atom is -0.480 e. The number of nitrogens with zero attached hydrogens (tertiary/aromatic N) is 1. The van der Waals surface area contributed by atoms with Crippen LogP contribution in [0.3, 0.4) is 0 Å². The molecule has 9 heavy (non-hydrogen) atoms. The van der Waals surface area contributed by atoms with E-state index in [1.807, 2.05) is 11.9 Å². The third-order valence-corrected chi connectivity index (χ3v) is 1.53. The number of carboxylic acid groups (broad SMARTS) is 1. The number of carboxylic acids is 1. The Labute approximate surface area is 53.2 Å². The molecule has 1 saturated heterocycles. The van der Waals surface area contributed by atoms with Crippen molar-refractivity contribution in [2.24, 2.45) is 5.73 Å². The molecule has 0 aromatic heterocycles. The third kappa shape index (κ3) is 0.906. The first-order valence-corrected chi connectivity index (χ1v) is 2.75. The van der Waals surface area contributed by atoms with Gasteiger partial charge < -0.3 is 15.7 Å². The molecule has 0 atom stereocenters. The quantitative estimate of drug-likeness (QED) is 0.463. The average Bonchev–Trinajstić information content (AvgIpc) is 1.62. The number of carbonyl (C=O) groups is 1. The molecule has 52 valence electrons. The van der Waals surface area contributed by atoms with E-state index in [4.69, 9.17) is 10.8 Å². The molecule has 1 fully saturated rings. The molecule has 1 heterocycles. The molecular formula is C5H10N2O2. The van der Waals surface area contributed by atoms with Crippen molar-refractivity contribution in [2.75, 3.05) is 20.1 Å². The van der Waals surface area contributed by atoms with Crippen LogP contribution in [-0.4, -0.2) is 41.7 Å². The van der Waals surface area contributed by atoms with Crippen molar-refractivity contribution in [3.63, 3.8) is 0 Å². The van der Waals surface area contributed by atoms with Crippen LogP contribution in [0.1, 0.15) is 0 Å². The molecule has 0 aliphatic carbocycles. The molecule has 0 radical (unpaired) electrons. The van der Waals surface area contributed by atoms with Crippen LogP contribution >= 0.6 is 0 Å². The molecule has 0 amide bonds. The number of aliphatic carboxylic acids is 1. The molecule has 3 N–H and O–H groups in total. The van der Waals surface area contributed by atoms with E-state index in [0.29, 0.717) is 13.1 Å². The van der Waals surface area contributed by atoms with Gasteiger partial charge in [-0.2, -0.15) is 0 Å². The first-order chi connectivity index (χ1) is 4.04. The van der Waals surface area contributed by atoms with Gasteiger partial charge in [-0.15, -0.1) is 0 Å². The summed E-state index contributed by atoms with van der Waals surface area (Å²) in [6.45, 7) is 0.921. The van der Waals surface area contributed by atoms with E-state index in [-0.39, 0.29) is 0 Å². The van der Waals surface area contributed by atoms with E-state index in [9.17, 15) is 4.79 Å². The monoisotopic (exact) mass is 130 g/mol. The van der Waals surface area contributed by atoms with E-state index in [0.717, 1.165) is 0 Å². The summed E-state index contributed by atoms with van der Waals surface area (Å²) < 4.78 is 0. The van der Waals surface area contributed by atoms with E-state index < -0.39 is 11.5 Å². The van der Waals surface area contributed by atoms with Gasteiger partial charge in [0.15, 0.2) is 0 Å². The molecule has 0 aromatic rings. The lowest BCUT2D eigenvalue weighted by molar-refractivity contribution is -0.149. The molecule has 1 aliphatic rings. The SMILES string of the molecule is CN1CC(N)(C(=O)O)C1. The molecule has 0 spiro atoms. The van der Waals surface area contributed by atoms with Crippen LogP contribution in [0.5, 0.6) is 0 Å². The predicted octanol–water partition coefficient (Wildman–Crippen LogP) is -1.29. The molecule has 0 aromatic carbocycles. The third-order valence-electron chi connectivity index (χ3n) is 1.53. The Kier molecular flexibility index (Phi) is 1.22. The van der Waals surface area contributed by atoms with Crippen molar-refractivity contribution in [3.05, 3.63) is 0 Å². The Morgan fingerprint density at radius 2 is 2.22 bits per heavy atom. The fraction of sp³-hybridized carbons (Fsp3) is 0.800. The van der Waals surface area contributed by atoms with Gasteiger partial charge in [-0.25, -0.2) is 0 Å². The first-order valence-electron chi connectivity index (χ1n) is 2.75. The zero-order chi connectivity index (χ0) is 7.07. The summed E-state index contributed by atoms with van der Waals surface area (Å²) in [4.78, 5) is 12.2. The fourth-order valence-electron chi connectivity index (χ4n) is 1.05. The highest BCUT2D eigenvalue weighted by molar-refractivity contribution is 5.80. The number of hydrogen-bond donors (Lipinski definition) is 2. The smallest absolute Gasteiger partial charge is 0.326 e. The molecule has 1 aliphatic heterocycles. The number of likely N-dealkylation sites (tertiary alicyclic amines) is 1. The van der Waals surface area contributed by atoms with Gasteiger partial charge in [0.25, 0.3) is 0 Å². The minimum atomic E-state index is -0.964. The van der Waals surface area contributed by atoms with E-state index in [1.165, 1.54) is 0 Å². The lowest BCUT2D eigenvalue weighted by atomic mass is 9.92. The summed E-state index contributed by atoms with van der Waals surface area (Å²) in [6.07, 6.45) is 0. The van der Waals surface area contributed by atoms with Crippen LogP contribution in [0.25, 0.3) is 0 Å². The van der Waals surface area contributed by atoms with Crippen molar-refractivity contribution < 1.29 is 9.90 Å². The highest BCUT2D eigenvalue weighted by Crippen LogP contribution is 2.14. The Hall–Kier alpha value is -0.610. The van der Waals surface area contributed by atoms with E-state index in [2.05, 4.69) is 0 Å². The number of nitrogens with two attached hydrogens (primary N) is 1. The number of hydrogen-bond acceptors (Lipinski definition) is 3. The summed E-state index contributed by atoms with van der Waals surface area (Å²) in [6, 6.07) is 0. The van der Waals surface area contributed by atoms with Crippen molar-refractivity contribution in [1.29, 1.82) is 0 Å². The Bertz CT molecular complexity index is 140. The Morgan fingerprint density at radius 1 is 1.78 bits per heavy atom. The van der Waals surface area contributed by atoms with Crippen LogP contribution in [0.15, 0.2) is 0 Å². The van der Waals surface area contributed by atoms with Crippen molar-refractivity contribution in [2.45, 2.75) is 5.54 Å². The second kappa shape index (κ2) is 1.68. The van der Waals surface area contributed by atoms with Crippen LogP contribution in [-0.2, 0) is 4.79 Å². The zero-order valence-corrected chi connectivity index (χ0v) is 5.29. The molecule has 0 saturated carbocycles. The van der Waals surface area contributed by atoms with Gasteiger partial charge >= 0.3 is 5.97 Å². The van der Waals surface area contributed by atoms with Crippen molar-refractivity contribution in [3.8, 4) is 0 Å². The normalized spacial score (nSPS) is 25.1. The molecule has 4 nitrogen and oxygen atoms in total. The summed E-state index contributed by atoms with van der Waals surface area (Å²) in [7, 11) is 1.84. The topological polar surface area (TPSA) is 66.6 Å². The second-order valence-electron chi connectivity index (χ2n) is 2.63. The van der Waals surface area contributed by atoms with E-state index in [1.54, 1.807) is 0 Å². The zero-order valence-electron chi connectivity index (χ0n) is 5.29. The maximum atomic E-state index is 10.3. The maximum absolute atomic E-state index is 10.3. The molecule has 0 unspecified atom stereocenters. The summed E-state index contributed by atoms with van der Waals surface area (Å²) in [5.41, 5.74) is 4.43. The number of rotatable bonds is 1. The second-order valence-corrected chi connectivity index (χ2v) is 2.63. The van der Waals surface area contributed by atoms with Gasteiger partial charge in [-0.3, -0.25) is 4.79 Å². The summed E-state index contributed by atoms with van der Waals surface area (Å²) in [5.74, 6) is -0.902. The lowest BCUT2D eigenvalue weighted by Gasteiger charge is -2.41. The lowest BCUT2D eigenvalue weighted by Crippen LogP contribution is -2.70. The summed E-state index contributed by atoms with van der Waals surface area (Å²) >= 11 is 0. The standard InChI is InChI=1S/C5H10N2O2/c1-7-2-5(6,3-7)4(8)9/h2-3,6H2,1H3,(H,8,9). The highest BCUT2D eigenvalue weighted by atomic mass is 16.4. The molecule has 1 rings (SSSR count). The Balaban J connectivity index is 2.50. The largest absolute Gasteiger partial charge is 0.480 e. The van der Waals surface area contributed by atoms with Gasteiger partial charge in [0.1, 0.15) is 5.54 Å². The minimum absolute atomic E-state index is 0.461. The van der Waals surface area contributed by atoms with Gasteiger partial charge in [0.2, 0.25) is 0 Å². The van der Waals surface area contributed by atoms with Gasteiger partial charge in [-0.1, -0.05) is 0 Å². The van der Waals surface area contributed by atoms with Gasteiger partial charge in [0.05, 0.1) is 0 Å². The van der Waals surface area contributed by atoms with Crippen LogP contribution < -0.4 is 5.73 Å². The Morgan fingerprint density at radius 3 is 2.33 bits per heavy atom. The van der Waals surface area contributed by atoms with Crippen LogP contribution in [0.2, 0.25) is 0 Å². The molecule has 4 heteroatoms. The van der Waals surface area contributed by atoms with Gasteiger partial charge in [0, 0.05) is 13.1 Å². The summed E-state index contributed by atoms with van der Waals surface area (Å²) in [5, 5.41) is 8.46. The average molecular weight is 130 g/mol. The maximum Gasteiger partial charge on any atom is 0.326 e. The molecular weight excluding hydrogens is 120 g/mol. The number of likely N-dealkylation sites (N-methyl/N-ethyl adjacent to an activating group) is 1. The highest BCUT2D eigenvalue weighted by Gasteiger charge is 2.44. The van der Waals surface area contributed by atoms with Crippen molar-refractivity contribution >= 4 is 5.97 Å². The van der Waals surface area contributed by atoms with Crippen molar-refractivity contribution in [1.82, 2.24) is 4.90 Å². The predicted molar refractivity (Wildman–Crippen MR) is 32.1 cm³/mol. The van der Waals surface area contributed by atoms with E-state index >= 15 is 0 Å². The van der Waals surface area contributed by atoms with Crippen LogP contribution in [0.4, 0.5) is 0 Å².